The number of sulfonamides is 1. The Kier molecular flexibility index (Phi) is 8.65. The van der Waals surface area contributed by atoms with E-state index in [1.165, 1.54) is 19.2 Å². The zero-order chi connectivity index (χ0) is 27.4. The van der Waals surface area contributed by atoms with Gasteiger partial charge >= 0.3 is 0 Å². The molecule has 1 aromatic carbocycles. The summed E-state index contributed by atoms with van der Waals surface area (Å²) in [6.45, 7) is 6.26. The van der Waals surface area contributed by atoms with Crippen LogP contribution in [0.4, 0.5) is 11.4 Å². The van der Waals surface area contributed by atoms with Crippen molar-refractivity contribution < 1.29 is 18.1 Å². The van der Waals surface area contributed by atoms with E-state index >= 15 is 0 Å². The van der Waals surface area contributed by atoms with Gasteiger partial charge in [0.05, 0.1) is 41.2 Å². The topological polar surface area (TPSA) is 126 Å². The fourth-order valence-corrected chi connectivity index (χ4v) is 5.92. The molecule has 0 spiro atoms. The monoisotopic (exact) mass is 607 g/mol. The van der Waals surface area contributed by atoms with E-state index in [0.717, 1.165) is 46.5 Å². The fourth-order valence-electron chi connectivity index (χ4n) is 4.31. The number of halogens is 1. The highest BCUT2D eigenvalue weighted by atomic mass is 79.9. The van der Waals surface area contributed by atoms with Crippen LogP contribution in [-0.2, 0) is 14.8 Å². The van der Waals surface area contributed by atoms with Crippen molar-refractivity contribution in [1.82, 2.24) is 18.9 Å². The maximum Gasteiger partial charge on any atom is 0.281 e. The highest BCUT2D eigenvalue weighted by Gasteiger charge is 2.28. The SMILES string of the molecule is C/C(=N\N(C)S(=O)(=O)c1cc([N+](=O)[O-])ccc1N(C)CCCN1CCOCC1)c1cnn2ccc(Br)cc12. The number of nitro groups is 1. The molecule has 0 saturated carbocycles. The number of hydrogen-bond donors (Lipinski definition) is 0. The summed E-state index contributed by atoms with van der Waals surface area (Å²) in [7, 11) is -1.12. The van der Waals surface area contributed by atoms with E-state index in [2.05, 4.69) is 31.0 Å². The third kappa shape index (κ3) is 6.14. The summed E-state index contributed by atoms with van der Waals surface area (Å²) in [6.07, 6.45) is 4.19. The second-order valence-electron chi connectivity index (χ2n) is 9.00. The summed E-state index contributed by atoms with van der Waals surface area (Å²) >= 11 is 3.44. The predicted octanol–water partition coefficient (Wildman–Crippen LogP) is 3.21. The summed E-state index contributed by atoms with van der Waals surface area (Å²) < 4.78 is 36.1. The minimum Gasteiger partial charge on any atom is -0.379 e. The molecule has 14 heteroatoms. The van der Waals surface area contributed by atoms with E-state index in [9.17, 15) is 18.5 Å². The number of benzene rings is 1. The molecule has 2 aromatic heterocycles. The summed E-state index contributed by atoms with van der Waals surface area (Å²) in [5.41, 5.74) is 1.90. The van der Waals surface area contributed by atoms with Gasteiger partial charge < -0.3 is 9.64 Å². The van der Waals surface area contributed by atoms with E-state index in [1.54, 1.807) is 30.9 Å². The number of morpholine rings is 1. The number of hydrogen-bond acceptors (Lipinski definition) is 9. The Labute approximate surface area is 229 Å². The Hall–Kier alpha value is -3.07. The molecule has 1 fully saturated rings. The van der Waals surface area contributed by atoms with Gasteiger partial charge in [-0.05, 0) is 31.5 Å². The number of hydrazone groups is 1. The standard InChI is InChI=1S/C24H30BrN7O5S/c1-18(21-17-26-31-10-7-19(25)15-23(21)31)27-29(3)38(35,36)24-16-20(32(33)34)5-6-22(24)28(2)8-4-9-30-11-13-37-14-12-30/h5-7,10,15-17H,4,8-9,11-14H2,1-3H3/b27-18+. The number of anilines is 1. The van der Waals surface area contributed by atoms with E-state index in [1.807, 2.05) is 17.0 Å². The molecule has 12 nitrogen and oxygen atoms in total. The number of non-ortho nitro benzene ring substituents is 1. The number of rotatable bonds is 10. The molecule has 0 atom stereocenters. The van der Waals surface area contributed by atoms with Crippen LogP contribution in [0.3, 0.4) is 0 Å². The van der Waals surface area contributed by atoms with Gasteiger partial charge in [-0.1, -0.05) is 15.9 Å². The Morgan fingerprint density at radius 2 is 1.97 bits per heavy atom. The largest absolute Gasteiger partial charge is 0.379 e. The summed E-state index contributed by atoms with van der Waals surface area (Å²) in [6, 6.07) is 7.59. The first-order valence-corrected chi connectivity index (χ1v) is 14.3. The summed E-state index contributed by atoms with van der Waals surface area (Å²) in [5, 5.41) is 20.1. The maximum absolute atomic E-state index is 13.7. The van der Waals surface area contributed by atoms with Crippen LogP contribution < -0.4 is 4.90 Å². The molecule has 204 valence electrons. The van der Waals surface area contributed by atoms with Gasteiger partial charge in [0, 0.05) is 68.6 Å². The van der Waals surface area contributed by atoms with Gasteiger partial charge in [-0.15, -0.1) is 0 Å². The van der Waals surface area contributed by atoms with E-state index < -0.39 is 14.9 Å². The molecule has 38 heavy (non-hydrogen) atoms. The van der Waals surface area contributed by atoms with Crippen LogP contribution in [0.1, 0.15) is 18.9 Å². The van der Waals surface area contributed by atoms with Crippen molar-refractivity contribution in [1.29, 1.82) is 0 Å². The van der Waals surface area contributed by atoms with Crippen molar-refractivity contribution in [2.45, 2.75) is 18.2 Å². The molecule has 0 radical (unpaired) electrons. The Bertz CT molecular complexity index is 1450. The lowest BCUT2D eigenvalue weighted by atomic mass is 10.2. The zero-order valence-electron chi connectivity index (χ0n) is 21.4. The molecule has 0 unspecified atom stereocenters. The molecule has 1 aliphatic rings. The number of ether oxygens (including phenoxy) is 1. The number of nitro benzene ring substituents is 1. The van der Waals surface area contributed by atoms with Gasteiger partial charge in [-0.2, -0.15) is 23.0 Å². The van der Waals surface area contributed by atoms with Crippen molar-refractivity contribution >= 4 is 48.6 Å². The first-order valence-electron chi connectivity index (χ1n) is 12.0. The lowest BCUT2D eigenvalue weighted by Crippen LogP contribution is -2.38. The Morgan fingerprint density at radius 1 is 1.24 bits per heavy atom. The first-order chi connectivity index (χ1) is 18.1. The number of pyridine rings is 1. The number of aromatic nitrogens is 2. The van der Waals surface area contributed by atoms with Crippen molar-refractivity contribution in [2.24, 2.45) is 5.10 Å². The average Bonchev–Trinajstić information content (AvgIpc) is 3.32. The molecule has 3 heterocycles. The van der Waals surface area contributed by atoms with E-state index in [4.69, 9.17) is 4.74 Å². The second kappa shape index (κ2) is 11.8. The van der Waals surface area contributed by atoms with Crippen LogP contribution in [0, 0.1) is 10.1 Å². The second-order valence-corrected chi connectivity index (χ2v) is 11.8. The van der Waals surface area contributed by atoms with Gasteiger partial charge in [0.2, 0.25) is 0 Å². The van der Waals surface area contributed by atoms with Crippen molar-refractivity contribution in [3.8, 4) is 0 Å². The van der Waals surface area contributed by atoms with Crippen LogP contribution >= 0.6 is 15.9 Å². The van der Waals surface area contributed by atoms with Crippen LogP contribution in [0.2, 0.25) is 0 Å². The summed E-state index contributed by atoms with van der Waals surface area (Å²) in [4.78, 5) is 14.8. The molecule has 1 aliphatic heterocycles. The number of nitrogens with zero attached hydrogens (tertiary/aromatic N) is 7. The van der Waals surface area contributed by atoms with Crippen molar-refractivity contribution in [3.05, 3.63) is 62.9 Å². The highest BCUT2D eigenvalue weighted by Crippen LogP contribution is 2.31. The molecule has 3 aromatic rings. The molecule has 0 aliphatic carbocycles. The zero-order valence-corrected chi connectivity index (χ0v) is 23.9. The smallest absolute Gasteiger partial charge is 0.281 e. The lowest BCUT2D eigenvalue weighted by Gasteiger charge is -2.28. The van der Waals surface area contributed by atoms with Gasteiger partial charge in [-0.25, -0.2) is 4.52 Å². The maximum atomic E-state index is 13.7. The van der Waals surface area contributed by atoms with Crippen LogP contribution in [0.15, 0.2) is 57.2 Å². The minimum atomic E-state index is -4.23. The van der Waals surface area contributed by atoms with Gasteiger partial charge in [-0.3, -0.25) is 15.0 Å². The van der Waals surface area contributed by atoms with Crippen LogP contribution in [-0.4, -0.2) is 91.5 Å². The average molecular weight is 609 g/mol. The first kappa shape index (κ1) is 28.0. The highest BCUT2D eigenvalue weighted by molar-refractivity contribution is 9.10. The predicted molar refractivity (Wildman–Crippen MR) is 148 cm³/mol. The molecule has 0 amide bonds. The molecule has 0 bridgehead atoms. The van der Waals surface area contributed by atoms with Gasteiger partial charge in [0.25, 0.3) is 15.7 Å². The normalized spacial score (nSPS) is 15.1. The molecular formula is C24H30BrN7O5S. The third-order valence-electron chi connectivity index (χ3n) is 6.43. The van der Waals surface area contributed by atoms with Crippen molar-refractivity contribution in [3.63, 3.8) is 0 Å². The summed E-state index contributed by atoms with van der Waals surface area (Å²) in [5.74, 6) is 0. The van der Waals surface area contributed by atoms with Crippen LogP contribution in [0.25, 0.3) is 5.52 Å². The Morgan fingerprint density at radius 3 is 2.68 bits per heavy atom. The quantitative estimate of drug-likeness (QED) is 0.195. The molecule has 1 saturated heterocycles. The number of fused-ring (bicyclic) bond motifs is 1. The molecule has 0 N–H and O–H groups in total. The molecular weight excluding hydrogens is 578 g/mol. The van der Waals surface area contributed by atoms with E-state index in [0.29, 0.717) is 36.7 Å². The third-order valence-corrected chi connectivity index (χ3v) is 8.58. The Balaban J connectivity index is 1.61. The molecule has 4 rings (SSSR count). The van der Waals surface area contributed by atoms with Crippen LogP contribution in [0.5, 0.6) is 0 Å². The fraction of sp³-hybridized carbons (Fsp3) is 0.417. The van der Waals surface area contributed by atoms with E-state index in [-0.39, 0.29) is 10.6 Å². The lowest BCUT2D eigenvalue weighted by molar-refractivity contribution is -0.385. The van der Waals surface area contributed by atoms with Gasteiger partial charge in [0.15, 0.2) is 0 Å². The van der Waals surface area contributed by atoms with Gasteiger partial charge in [0.1, 0.15) is 4.90 Å². The van der Waals surface area contributed by atoms with Crippen molar-refractivity contribution in [2.75, 3.05) is 58.4 Å². The minimum absolute atomic E-state index is 0.178.